The second-order valence-electron chi connectivity index (χ2n) is 8.64. The molecule has 0 saturated carbocycles. The van der Waals surface area contributed by atoms with E-state index in [9.17, 15) is 4.79 Å². The maximum atomic E-state index is 11.9. The lowest BCUT2D eigenvalue weighted by Gasteiger charge is -2.21. The molecule has 0 bridgehead atoms. The van der Waals surface area contributed by atoms with E-state index in [1.165, 1.54) is 17.2 Å². The first kappa shape index (κ1) is 23.6. The van der Waals surface area contributed by atoms with Crippen molar-refractivity contribution in [3.05, 3.63) is 59.4 Å². The van der Waals surface area contributed by atoms with Gasteiger partial charge in [0.1, 0.15) is 17.1 Å². The van der Waals surface area contributed by atoms with E-state index in [-0.39, 0.29) is 5.97 Å². The molecule has 0 N–H and O–H groups in total. The average Bonchev–Trinajstić information content (AvgIpc) is 3.18. The fraction of sp³-hybridized carbons (Fsp3) is 0.393. The zero-order valence-electron chi connectivity index (χ0n) is 20.2. The van der Waals surface area contributed by atoms with Gasteiger partial charge in [0.15, 0.2) is 0 Å². The molecule has 0 aliphatic heterocycles. The van der Waals surface area contributed by atoms with Gasteiger partial charge in [-0.2, -0.15) is 0 Å². The average molecular weight is 435 g/mol. The highest BCUT2D eigenvalue weighted by atomic mass is 16.5. The number of para-hydroxylation sites is 1. The van der Waals surface area contributed by atoms with E-state index in [0.717, 1.165) is 33.4 Å². The monoisotopic (exact) mass is 434 g/mol. The third-order valence-electron chi connectivity index (χ3n) is 5.56. The quantitative estimate of drug-likeness (QED) is 0.269. The van der Waals surface area contributed by atoms with Crippen LogP contribution in [-0.4, -0.2) is 19.2 Å². The Morgan fingerprint density at radius 3 is 2.38 bits per heavy atom. The summed E-state index contributed by atoms with van der Waals surface area (Å²) in [4.78, 5) is 11.9. The van der Waals surface area contributed by atoms with Crippen LogP contribution in [0.25, 0.3) is 27.7 Å². The molecule has 2 aromatic carbocycles. The van der Waals surface area contributed by atoms with Gasteiger partial charge < -0.3 is 13.9 Å². The molecule has 4 nitrogen and oxygen atoms in total. The molecule has 0 aliphatic carbocycles. The number of furan rings is 1. The summed E-state index contributed by atoms with van der Waals surface area (Å²) in [6.07, 6.45) is 1.47. The second-order valence-corrected chi connectivity index (χ2v) is 8.64. The van der Waals surface area contributed by atoms with Crippen molar-refractivity contribution < 1.29 is 18.7 Å². The molecule has 170 valence electrons. The molecule has 0 aliphatic rings. The minimum Gasteiger partial charge on any atom is -0.493 e. The zero-order valence-corrected chi connectivity index (χ0v) is 20.2. The Bertz CT molecular complexity index is 1130. The molecule has 0 saturated heterocycles. The lowest BCUT2D eigenvalue weighted by molar-refractivity contribution is -0.137. The number of ether oxygens (including phenoxy) is 2. The number of fused-ring (bicyclic) bond motifs is 1. The number of carbonyl (C=O) groups is 1. The molecule has 3 aromatic rings. The summed E-state index contributed by atoms with van der Waals surface area (Å²) in [6, 6.07) is 12.6. The first-order chi connectivity index (χ1) is 15.3. The smallest absolute Gasteiger partial charge is 0.331 e. The van der Waals surface area contributed by atoms with Crippen LogP contribution in [-0.2, 0) is 9.53 Å². The molecule has 0 unspecified atom stereocenters. The largest absolute Gasteiger partial charge is 0.493 e. The van der Waals surface area contributed by atoms with Crippen LogP contribution in [0.3, 0.4) is 0 Å². The van der Waals surface area contributed by atoms with E-state index in [2.05, 4.69) is 45.9 Å². The molecule has 0 fully saturated rings. The molecule has 4 heteroatoms. The van der Waals surface area contributed by atoms with Gasteiger partial charge in [-0.15, -0.1) is 0 Å². The molecule has 0 spiro atoms. The van der Waals surface area contributed by atoms with Crippen LogP contribution in [0.15, 0.2) is 46.9 Å². The van der Waals surface area contributed by atoms with Crippen molar-refractivity contribution in [3.63, 3.8) is 0 Å². The van der Waals surface area contributed by atoms with Crippen LogP contribution in [0.4, 0.5) is 0 Å². The fourth-order valence-corrected chi connectivity index (χ4v) is 3.84. The molecule has 1 heterocycles. The number of hydrogen-bond acceptors (Lipinski definition) is 4. The van der Waals surface area contributed by atoms with Crippen LogP contribution in [0.5, 0.6) is 5.75 Å². The summed E-state index contributed by atoms with van der Waals surface area (Å²) in [6.45, 7) is 15.4. The predicted molar refractivity (Wildman–Crippen MR) is 131 cm³/mol. The van der Waals surface area contributed by atoms with Crippen molar-refractivity contribution in [1.29, 1.82) is 0 Å². The minimum absolute atomic E-state index is 0.329. The van der Waals surface area contributed by atoms with E-state index < -0.39 is 0 Å². The third-order valence-corrected chi connectivity index (χ3v) is 5.56. The maximum absolute atomic E-state index is 11.9. The van der Waals surface area contributed by atoms with Crippen molar-refractivity contribution >= 4 is 22.5 Å². The SMILES string of the molecule is CCOC(=O)/C=C(\C)c1cc2cccc(-c3cc(C(C)C)cc(C(C)C)c3OCC)c2o1. The number of rotatable bonds is 8. The fourth-order valence-electron chi connectivity index (χ4n) is 3.84. The Balaban J connectivity index is 2.23. The van der Waals surface area contributed by atoms with Crippen LogP contribution >= 0.6 is 0 Å². The van der Waals surface area contributed by atoms with Gasteiger partial charge in [0.2, 0.25) is 0 Å². The maximum Gasteiger partial charge on any atom is 0.331 e. The van der Waals surface area contributed by atoms with Gasteiger partial charge in [0.25, 0.3) is 0 Å². The molecule has 0 atom stereocenters. The van der Waals surface area contributed by atoms with Crippen LogP contribution in [0.1, 0.15) is 77.2 Å². The van der Waals surface area contributed by atoms with Gasteiger partial charge in [0.05, 0.1) is 13.2 Å². The van der Waals surface area contributed by atoms with Gasteiger partial charge in [-0.1, -0.05) is 52.0 Å². The summed E-state index contributed by atoms with van der Waals surface area (Å²) in [5.74, 6) is 1.92. The van der Waals surface area contributed by atoms with E-state index in [0.29, 0.717) is 30.8 Å². The van der Waals surface area contributed by atoms with Crippen LogP contribution < -0.4 is 4.74 Å². The highest BCUT2D eigenvalue weighted by Crippen LogP contribution is 2.43. The summed E-state index contributed by atoms with van der Waals surface area (Å²) >= 11 is 0. The first-order valence-electron chi connectivity index (χ1n) is 11.5. The van der Waals surface area contributed by atoms with Crippen LogP contribution in [0, 0.1) is 0 Å². The lowest BCUT2D eigenvalue weighted by atomic mass is 9.89. The molecule has 32 heavy (non-hydrogen) atoms. The zero-order chi connectivity index (χ0) is 23.4. The summed E-state index contributed by atoms with van der Waals surface area (Å²) < 4.78 is 17.5. The van der Waals surface area contributed by atoms with Crippen molar-refractivity contribution in [2.75, 3.05) is 13.2 Å². The Hall–Kier alpha value is -3.01. The van der Waals surface area contributed by atoms with Crippen molar-refractivity contribution in [2.45, 2.75) is 60.3 Å². The summed E-state index contributed by atoms with van der Waals surface area (Å²) in [5.41, 5.74) is 6.03. The highest BCUT2D eigenvalue weighted by Gasteiger charge is 2.20. The molecule has 1 aromatic heterocycles. The van der Waals surface area contributed by atoms with Gasteiger partial charge in [-0.25, -0.2) is 4.79 Å². The van der Waals surface area contributed by atoms with Crippen molar-refractivity contribution in [3.8, 4) is 16.9 Å². The van der Waals surface area contributed by atoms with Gasteiger partial charge >= 0.3 is 5.97 Å². The number of esters is 1. The standard InChI is InChI=1S/C28H34O4/c1-8-30-26(29)13-19(7)25-16-20-11-10-12-22(27(20)32-25)24-15-21(17(3)4)14-23(18(5)6)28(24)31-9-2/h10-18H,8-9H2,1-7H3/b19-13+. The second kappa shape index (κ2) is 10.1. The van der Waals surface area contributed by atoms with E-state index in [1.807, 2.05) is 32.0 Å². The lowest BCUT2D eigenvalue weighted by Crippen LogP contribution is -2.03. The van der Waals surface area contributed by atoms with Gasteiger partial charge in [-0.3, -0.25) is 0 Å². The topological polar surface area (TPSA) is 48.7 Å². The first-order valence-corrected chi connectivity index (χ1v) is 11.5. The number of allylic oxidation sites excluding steroid dienone is 1. The Morgan fingerprint density at radius 1 is 1.00 bits per heavy atom. The van der Waals surface area contributed by atoms with E-state index in [1.54, 1.807) is 6.92 Å². The molecular weight excluding hydrogens is 400 g/mol. The van der Waals surface area contributed by atoms with Crippen molar-refractivity contribution in [1.82, 2.24) is 0 Å². The Kier molecular flexibility index (Phi) is 7.44. The van der Waals surface area contributed by atoms with Crippen molar-refractivity contribution in [2.24, 2.45) is 0 Å². The normalized spacial score (nSPS) is 12.1. The number of benzene rings is 2. The van der Waals surface area contributed by atoms with E-state index in [4.69, 9.17) is 13.9 Å². The van der Waals surface area contributed by atoms with E-state index >= 15 is 0 Å². The summed E-state index contributed by atoms with van der Waals surface area (Å²) in [5, 5.41) is 0.984. The Morgan fingerprint density at radius 2 is 1.75 bits per heavy atom. The Labute approximate surface area is 191 Å². The highest BCUT2D eigenvalue weighted by molar-refractivity contribution is 5.97. The number of hydrogen-bond donors (Lipinski definition) is 0. The predicted octanol–water partition coefficient (Wildman–Crippen LogP) is 7.71. The molecule has 0 amide bonds. The van der Waals surface area contributed by atoms with Gasteiger partial charge in [0, 0.05) is 22.6 Å². The summed E-state index contributed by atoms with van der Waals surface area (Å²) in [7, 11) is 0. The molecular formula is C28H34O4. The molecule has 0 radical (unpaired) electrons. The number of carbonyl (C=O) groups excluding carboxylic acids is 1. The van der Waals surface area contributed by atoms with Gasteiger partial charge in [-0.05, 0) is 61.4 Å². The minimum atomic E-state index is -0.365. The van der Waals surface area contributed by atoms with Crippen LogP contribution in [0.2, 0.25) is 0 Å². The molecule has 3 rings (SSSR count). The third kappa shape index (κ3) is 4.90.